The van der Waals surface area contributed by atoms with Crippen LogP contribution in [0, 0.1) is 13.8 Å². The van der Waals surface area contributed by atoms with E-state index in [1.807, 2.05) is 32.0 Å². The number of ether oxygens (including phenoxy) is 1. The van der Waals surface area contributed by atoms with Gasteiger partial charge in [0, 0.05) is 17.8 Å². The van der Waals surface area contributed by atoms with E-state index in [0.29, 0.717) is 5.69 Å². The van der Waals surface area contributed by atoms with E-state index in [4.69, 9.17) is 4.74 Å². The van der Waals surface area contributed by atoms with Gasteiger partial charge in [0.05, 0.1) is 13.2 Å². The van der Waals surface area contributed by atoms with Gasteiger partial charge in [-0.2, -0.15) is 5.10 Å². The number of amides is 2. The lowest BCUT2D eigenvalue weighted by Gasteiger charge is -2.44. The molecule has 1 aliphatic heterocycles. The summed E-state index contributed by atoms with van der Waals surface area (Å²) in [6.45, 7) is 11.9. The van der Waals surface area contributed by atoms with Crippen LogP contribution in [0.15, 0.2) is 24.3 Å². The fourth-order valence-corrected chi connectivity index (χ4v) is 4.65. The highest BCUT2D eigenvalue weighted by Crippen LogP contribution is 2.35. The molecule has 0 aliphatic carbocycles. The largest absolute Gasteiger partial charge is 0.461 e. The van der Waals surface area contributed by atoms with Crippen molar-refractivity contribution in [2.24, 2.45) is 0 Å². The molecule has 0 saturated heterocycles. The Hall–Kier alpha value is -3.16. The third kappa shape index (κ3) is 5.41. The van der Waals surface area contributed by atoms with Gasteiger partial charge in [-0.3, -0.25) is 19.2 Å². The summed E-state index contributed by atoms with van der Waals surface area (Å²) in [5.41, 5.74) is 1.64. The molecule has 1 aromatic carbocycles. The molecule has 2 amide bonds. The molecule has 2 atom stereocenters. The van der Waals surface area contributed by atoms with Crippen molar-refractivity contribution in [3.63, 3.8) is 0 Å². The maximum absolute atomic E-state index is 13.9. The van der Waals surface area contributed by atoms with E-state index in [1.54, 1.807) is 18.7 Å². The molecule has 190 valence electrons. The Balaban J connectivity index is 2.08. The molecule has 2 heterocycles. The molecule has 8 nitrogen and oxygen atoms in total. The average Bonchev–Trinajstić information content (AvgIpc) is 3.24. The van der Waals surface area contributed by atoms with Gasteiger partial charge in [0.15, 0.2) is 5.69 Å². The van der Waals surface area contributed by atoms with Gasteiger partial charge >= 0.3 is 5.97 Å². The molecule has 3 rings (SSSR count). The molecule has 1 aromatic heterocycles. The lowest BCUT2D eigenvalue weighted by molar-refractivity contribution is -0.127. The molecule has 8 heteroatoms. The number of anilines is 1. The van der Waals surface area contributed by atoms with Gasteiger partial charge in [-0.15, -0.1) is 0 Å². The lowest BCUT2D eigenvalue weighted by Crippen LogP contribution is -2.65. The standard InChI is InChI=1S/C27H38N4O4/c1-7-10-12-20(11-8-2)28-26(34)27(6)17-30-23(16-21(29-30)25(33)35-9-3)24(32)31(27)22-15-18(4)13-14-19(22)5/h13-16,20H,7-12,17H2,1-6H3,(H,28,34). The molecule has 0 radical (unpaired) electrons. The molecular weight excluding hydrogens is 444 g/mol. The third-order valence-corrected chi connectivity index (χ3v) is 6.61. The second-order valence-electron chi connectivity index (χ2n) is 9.60. The Morgan fingerprint density at radius 3 is 2.54 bits per heavy atom. The van der Waals surface area contributed by atoms with Gasteiger partial charge in [0.1, 0.15) is 11.2 Å². The van der Waals surface area contributed by atoms with E-state index in [-0.39, 0.29) is 42.4 Å². The number of carbonyl (C=O) groups excluding carboxylic acids is 3. The van der Waals surface area contributed by atoms with Crippen molar-refractivity contribution in [3.8, 4) is 0 Å². The number of fused-ring (bicyclic) bond motifs is 1. The first-order chi connectivity index (χ1) is 16.7. The molecule has 0 fully saturated rings. The van der Waals surface area contributed by atoms with E-state index in [0.717, 1.165) is 43.2 Å². The molecule has 35 heavy (non-hydrogen) atoms. The number of hydrogen-bond acceptors (Lipinski definition) is 5. The zero-order chi connectivity index (χ0) is 25.8. The molecule has 1 N–H and O–H groups in total. The predicted molar refractivity (Wildman–Crippen MR) is 136 cm³/mol. The first-order valence-corrected chi connectivity index (χ1v) is 12.6. The van der Waals surface area contributed by atoms with Gasteiger partial charge in [-0.05, 0) is 57.7 Å². The quantitative estimate of drug-likeness (QED) is 0.501. The predicted octanol–water partition coefficient (Wildman–Crippen LogP) is 4.57. The first-order valence-electron chi connectivity index (χ1n) is 12.6. The van der Waals surface area contributed by atoms with Crippen LogP contribution in [0.4, 0.5) is 5.69 Å². The van der Waals surface area contributed by atoms with E-state index in [9.17, 15) is 14.4 Å². The number of hydrogen-bond donors (Lipinski definition) is 1. The van der Waals surface area contributed by atoms with Crippen LogP contribution < -0.4 is 10.2 Å². The number of benzene rings is 1. The number of rotatable bonds is 10. The summed E-state index contributed by atoms with van der Waals surface area (Å²) < 4.78 is 6.55. The second kappa shape index (κ2) is 11.1. The molecule has 1 aliphatic rings. The normalized spacial score (nSPS) is 18.2. The highest BCUT2D eigenvalue weighted by molar-refractivity contribution is 6.12. The van der Waals surface area contributed by atoms with Crippen molar-refractivity contribution in [2.75, 3.05) is 11.5 Å². The fraction of sp³-hybridized carbons (Fsp3) is 0.556. The zero-order valence-electron chi connectivity index (χ0n) is 21.8. The van der Waals surface area contributed by atoms with Crippen LogP contribution >= 0.6 is 0 Å². The Bertz CT molecular complexity index is 1090. The van der Waals surface area contributed by atoms with Crippen LogP contribution in [-0.2, 0) is 16.1 Å². The van der Waals surface area contributed by atoms with Crippen LogP contribution in [0.2, 0.25) is 0 Å². The SMILES string of the molecule is CCCCC(CCC)NC(=O)C1(C)Cn2nc(C(=O)OCC)cc2C(=O)N1c1cc(C)ccc1C. The summed E-state index contributed by atoms with van der Waals surface area (Å²) >= 11 is 0. The van der Waals surface area contributed by atoms with Crippen LogP contribution in [0.3, 0.4) is 0 Å². The van der Waals surface area contributed by atoms with E-state index in [1.165, 1.54) is 10.7 Å². The van der Waals surface area contributed by atoms with Gasteiger partial charge in [0.2, 0.25) is 5.91 Å². The number of nitrogens with one attached hydrogen (secondary N) is 1. The average molecular weight is 483 g/mol. The molecule has 2 unspecified atom stereocenters. The van der Waals surface area contributed by atoms with Crippen molar-refractivity contribution < 1.29 is 19.1 Å². The fourth-order valence-electron chi connectivity index (χ4n) is 4.65. The maximum Gasteiger partial charge on any atom is 0.358 e. The number of esters is 1. The monoisotopic (exact) mass is 482 g/mol. The van der Waals surface area contributed by atoms with E-state index >= 15 is 0 Å². The van der Waals surface area contributed by atoms with Crippen molar-refractivity contribution in [1.82, 2.24) is 15.1 Å². The number of aryl methyl sites for hydroxylation is 2. The summed E-state index contributed by atoms with van der Waals surface area (Å²) in [5.74, 6) is -1.18. The van der Waals surface area contributed by atoms with Crippen LogP contribution in [0.25, 0.3) is 0 Å². The summed E-state index contributed by atoms with van der Waals surface area (Å²) in [5, 5.41) is 7.58. The van der Waals surface area contributed by atoms with Crippen molar-refractivity contribution in [3.05, 3.63) is 46.8 Å². The van der Waals surface area contributed by atoms with E-state index in [2.05, 4.69) is 24.3 Å². The topological polar surface area (TPSA) is 93.5 Å². The Labute approximate surface area is 208 Å². The minimum atomic E-state index is -1.24. The minimum Gasteiger partial charge on any atom is -0.461 e. The van der Waals surface area contributed by atoms with Crippen molar-refractivity contribution >= 4 is 23.5 Å². The highest BCUT2D eigenvalue weighted by atomic mass is 16.5. The number of nitrogens with zero attached hydrogens (tertiary/aromatic N) is 3. The lowest BCUT2D eigenvalue weighted by atomic mass is 9.91. The summed E-state index contributed by atoms with van der Waals surface area (Å²) in [6.07, 6.45) is 4.79. The second-order valence-corrected chi connectivity index (χ2v) is 9.60. The van der Waals surface area contributed by atoms with Crippen molar-refractivity contribution in [2.45, 2.75) is 91.8 Å². The number of carbonyl (C=O) groups is 3. The van der Waals surface area contributed by atoms with Gasteiger partial charge in [-0.1, -0.05) is 45.2 Å². The first kappa shape index (κ1) is 26.4. The molecule has 2 aromatic rings. The van der Waals surface area contributed by atoms with Gasteiger partial charge in [0.25, 0.3) is 5.91 Å². The molecule has 0 spiro atoms. The van der Waals surface area contributed by atoms with Gasteiger partial charge in [-0.25, -0.2) is 4.79 Å². The Kier molecular flexibility index (Phi) is 8.35. The summed E-state index contributed by atoms with van der Waals surface area (Å²) in [4.78, 5) is 41.7. The maximum atomic E-state index is 13.9. The number of aromatic nitrogens is 2. The third-order valence-electron chi connectivity index (χ3n) is 6.61. The summed E-state index contributed by atoms with van der Waals surface area (Å²) in [6, 6.07) is 7.35. The molecule has 0 saturated carbocycles. The van der Waals surface area contributed by atoms with Gasteiger partial charge < -0.3 is 10.1 Å². The van der Waals surface area contributed by atoms with Crippen LogP contribution in [-0.4, -0.2) is 45.8 Å². The summed E-state index contributed by atoms with van der Waals surface area (Å²) in [7, 11) is 0. The van der Waals surface area contributed by atoms with Crippen LogP contribution in [0.5, 0.6) is 0 Å². The van der Waals surface area contributed by atoms with E-state index < -0.39 is 11.5 Å². The minimum absolute atomic E-state index is 0.0361. The molecular formula is C27H38N4O4. The number of unbranched alkanes of at least 4 members (excludes halogenated alkanes) is 1. The van der Waals surface area contributed by atoms with Crippen molar-refractivity contribution in [1.29, 1.82) is 0 Å². The zero-order valence-corrected chi connectivity index (χ0v) is 21.8. The van der Waals surface area contributed by atoms with Crippen LogP contribution in [0.1, 0.15) is 91.9 Å². The highest BCUT2D eigenvalue weighted by Gasteiger charge is 2.49. The Morgan fingerprint density at radius 2 is 1.89 bits per heavy atom. The smallest absolute Gasteiger partial charge is 0.358 e. The molecule has 0 bridgehead atoms. The Morgan fingerprint density at radius 1 is 1.14 bits per heavy atom.